The number of para-hydroxylation sites is 1. The molecular formula is C29H23N3O2. The van der Waals surface area contributed by atoms with E-state index in [0.29, 0.717) is 28.1 Å². The van der Waals surface area contributed by atoms with Crippen molar-refractivity contribution in [2.45, 2.75) is 6.92 Å². The summed E-state index contributed by atoms with van der Waals surface area (Å²) in [5.74, 6) is -0.472. The Bertz CT molecular complexity index is 1380. The minimum atomic E-state index is -0.245. The van der Waals surface area contributed by atoms with Gasteiger partial charge in [0.2, 0.25) is 0 Å². The lowest BCUT2D eigenvalue weighted by Gasteiger charge is -2.18. The zero-order valence-corrected chi connectivity index (χ0v) is 18.9. The number of rotatable bonds is 5. The highest BCUT2D eigenvalue weighted by Gasteiger charge is 2.17. The van der Waals surface area contributed by atoms with Crippen LogP contribution in [0.4, 0.5) is 11.4 Å². The highest BCUT2D eigenvalue weighted by Crippen LogP contribution is 2.25. The number of benzene rings is 4. The van der Waals surface area contributed by atoms with Crippen molar-refractivity contribution in [1.82, 2.24) is 0 Å². The molecule has 0 heterocycles. The SMILES string of the molecule is Cc1ccc(-c2ccccc2C(=O)Nc2ccc(C(=O)N(C)c3ccccc3C#N)cc2)cc1. The Labute approximate surface area is 198 Å². The summed E-state index contributed by atoms with van der Waals surface area (Å²) in [6, 6.07) is 31.3. The summed E-state index contributed by atoms with van der Waals surface area (Å²) in [5, 5.41) is 12.2. The minimum Gasteiger partial charge on any atom is -0.322 e. The van der Waals surface area contributed by atoms with Gasteiger partial charge in [0.15, 0.2) is 0 Å². The molecule has 0 bridgehead atoms. The van der Waals surface area contributed by atoms with Gasteiger partial charge in [-0.1, -0.05) is 60.2 Å². The van der Waals surface area contributed by atoms with E-state index in [1.165, 1.54) is 4.90 Å². The lowest BCUT2D eigenvalue weighted by molar-refractivity contribution is 0.0991. The van der Waals surface area contributed by atoms with Crippen molar-refractivity contribution in [2.75, 3.05) is 17.3 Å². The van der Waals surface area contributed by atoms with Gasteiger partial charge in [0.1, 0.15) is 6.07 Å². The van der Waals surface area contributed by atoms with Gasteiger partial charge in [0.05, 0.1) is 11.3 Å². The molecule has 0 saturated carbocycles. The summed E-state index contributed by atoms with van der Waals surface area (Å²) in [6.07, 6.45) is 0. The molecule has 4 aromatic rings. The summed E-state index contributed by atoms with van der Waals surface area (Å²) in [7, 11) is 1.64. The van der Waals surface area contributed by atoms with Crippen molar-refractivity contribution in [3.8, 4) is 17.2 Å². The number of carbonyl (C=O) groups is 2. The third-order valence-electron chi connectivity index (χ3n) is 5.61. The fraction of sp³-hybridized carbons (Fsp3) is 0.0690. The third-order valence-corrected chi connectivity index (χ3v) is 5.61. The lowest BCUT2D eigenvalue weighted by atomic mass is 9.98. The van der Waals surface area contributed by atoms with E-state index in [-0.39, 0.29) is 11.8 Å². The number of amides is 2. The van der Waals surface area contributed by atoms with Crippen LogP contribution in [0.3, 0.4) is 0 Å². The Morgan fingerprint density at radius 2 is 1.47 bits per heavy atom. The van der Waals surface area contributed by atoms with Gasteiger partial charge >= 0.3 is 0 Å². The molecule has 4 rings (SSSR count). The van der Waals surface area contributed by atoms with E-state index < -0.39 is 0 Å². The van der Waals surface area contributed by atoms with Gasteiger partial charge in [-0.25, -0.2) is 0 Å². The van der Waals surface area contributed by atoms with Crippen molar-refractivity contribution >= 4 is 23.2 Å². The molecule has 0 saturated heterocycles. The number of nitrogens with one attached hydrogen (secondary N) is 1. The monoisotopic (exact) mass is 445 g/mol. The summed E-state index contributed by atoms with van der Waals surface area (Å²) in [6.45, 7) is 2.02. The Morgan fingerprint density at radius 3 is 2.18 bits per heavy atom. The summed E-state index contributed by atoms with van der Waals surface area (Å²) in [5.41, 5.74) is 5.55. The molecule has 34 heavy (non-hydrogen) atoms. The Morgan fingerprint density at radius 1 is 0.824 bits per heavy atom. The number of nitriles is 1. The van der Waals surface area contributed by atoms with Crippen molar-refractivity contribution in [3.63, 3.8) is 0 Å². The normalized spacial score (nSPS) is 10.3. The number of nitrogens with zero attached hydrogens (tertiary/aromatic N) is 2. The smallest absolute Gasteiger partial charge is 0.258 e. The molecule has 0 fully saturated rings. The van der Waals surface area contributed by atoms with Crippen LogP contribution in [0, 0.1) is 18.3 Å². The maximum Gasteiger partial charge on any atom is 0.258 e. The van der Waals surface area contributed by atoms with Gasteiger partial charge in [0.25, 0.3) is 11.8 Å². The average Bonchev–Trinajstić information content (AvgIpc) is 2.88. The van der Waals surface area contributed by atoms with Gasteiger partial charge in [-0.15, -0.1) is 0 Å². The van der Waals surface area contributed by atoms with Crippen LogP contribution in [0.1, 0.15) is 31.8 Å². The zero-order valence-electron chi connectivity index (χ0n) is 18.9. The highest BCUT2D eigenvalue weighted by molar-refractivity contribution is 6.09. The van der Waals surface area contributed by atoms with Crippen molar-refractivity contribution in [1.29, 1.82) is 5.26 Å². The van der Waals surface area contributed by atoms with Crippen molar-refractivity contribution in [3.05, 3.63) is 119 Å². The van der Waals surface area contributed by atoms with Crippen molar-refractivity contribution < 1.29 is 9.59 Å². The maximum absolute atomic E-state index is 13.0. The predicted molar refractivity (Wildman–Crippen MR) is 135 cm³/mol. The van der Waals surface area contributed by atoms with E-state index in [4.69, 9.17) is 0 Å². The number of hydrogen-bond donors (Lipinski definition) is 1. The van der Waals surface area contributed by atoms with Crippen molar-refractivity contribution in [2.24, 2.45) is 0 Å². The number of carbonyl (C=O) groups excluding carboxylic acids is 2. The standard InChI is InChI=1S/C29H23N3O2/c1-20-11-13-21(14-12-20)25-8-4-5-9-26(25)28(33)31-24-17-15-22(16-18-24)29(34)32(2)27-10-6-3-7-23(27)19-30/h3-18H,1-2H3,(H,31,33). The second-order valence-corrected chi connectivity index (χ2v) is 7.94. The molecule has 4 aromatic carbocycles. The Balaban J connectivity index is 1.52. The summed E-state index contributed by atoms with van der Waals surface area (Å²) in [4.78, 5) is 27.4. The molecule has 0 radical (unpaired) electrons. The van der Waals surface area contributed by atoms with Crippen LogP contribution in [0.15, 0.2) is 97.1 Å². The van der Waals surface area contributed by atoms with E-state index >= 15 is 0 Å². The quantitative estimate of drug-likeness (QED) is 0.406. The highest BCUT2D eigenvalue weighted by atomic mass is 16.2. The van der Waals surface area contributed by atoms with Gasteiger partial charge in [-0.2, -0.15) is 5.26 Å². The van der Waals surface area contributed by atoms with Crippen LogP contribution < -0.4 is 10.2 Å². The Hall–Kier alpha value is -4.69. The molecular weight excluding hydrogens is 422 g/mol. The minimum absolute atomic E-state index is 0.227. The summed E-state index contributed by atoms with van der Waals surface area (Å²) >= 11 is 0. The molecule has 0 spiro atoms. The van der Waals surface area contributed by atoms with Gasteiger partial charge in [-0.3, -0.25) is 9.59 Å². The molecule has 0 aliphatic rings. The third kappa shape index (κ3) is 4.72. The average molecular weight is 446 g/mol. The molecule has 1 N–H and O–H groups in total. The molecule has 0 unspecified atom stereocenters. The molecule has 166 valence electrons. The number of aryl methyl sites for hydroxylation is 1. The molecule has 5 heteroatoms. The van der Waals surface area contributed by atoms with Crippen LogP contribution in [-0.4, -0.2) is 18.9 Å². The first-order valence-corrected chi connectivity index (χ1v) is 10.8. The topological polar surface area (TPSA) is 73.2 Å². The largest absolute Gasteiger partial charge is 0.322 e. The predicted octanol–water partition coefficient (Wildman–Crippen LogP) is 6.06. The molecule has 0 aliphatic carbocycles. The van der Waals surface area contributed by atoms with Gasteiger partial charge in [0, 0.05) is 23.9 Å². The van der Waals surface area contributed by atoms with Crippen LogP contribution >= 0.6 is 0 Å². The number of hydrogen-bond acceptors (Lipinski definition) is 3. The first kappa shape index (κ1) is 22.5. The second-order valence-electron chi connectivity index (χ2n) is 7.94. The molecule has 0 aliphatic heterocycles. The van der Waals surface area contributed by atoms with E-state index in [1.807, 2.05) is 49.4 Å². The first-order valence-electron chi connectivity index (χ1n) is 10.8. The van der Waals surface area contributed by atoms with E-state index in [0.717, 1.165) is 16.7 Å². The van der Waals surface area contributed by atoms with Crippen LogP contribution in [0.5, 0.6) is 0 Å². The molecule has 0 aromatic heterocycles. The van der Waals surface area contributed by atoms with E-state index in [1.54, 1.807) is 61.6 Å². The molecule has 0 atom stereocenters. The summed E-state index contributed by atoms with van der Waals surface area (Å²) < 4.78 is 0. The molecule has 2 amide bonds. The second kappa shape index (κ2) is 9.85. The van der Waals surface area contributed by atoms with E-state index in [9.17, 15) is 14.9 Å². The van der Waals surface area contributed by atoms with Gasteiger partial charge in [-0.05, 0) is 60.5 Å². The van der Waals surface area contributed by atoms with Crippen LogP contribution in [0.2, 0.25) is 0 Å². The Kier molecular flexibility index (Phi) is 6.52. The fourth-order valence-corrected chi connectivity index (χ4v) is 3.72. The number of anilines is 2. The fourth-order valence-electron chi connectivity index (χ4n) is 3.72. The van der Waals surface area contributed by atoms with Crippen LogP contribution in [0.25, 0.3) is 11.1 Å². The maximum atomic E-state index is 13.0. The first-order chi connectivity index (χ1) is 16.5. The van der Waals surface area contributed by atoms with Crippen LogP contribution in [-0.2, 0) is 0 Å². The lowest BCUT2D eigenvalue weighted by Crippen LogP contribution is -2.27. The zero-order chi connectivity index (χ0) is 24.1. The molecule has 5 nitrogen and oxygen atoms in total. The van der Waals surface area contributed by atoms with E-state index in [2.05, 4.69) is 11.4 Å². The van der Waals surface area contributed by atoms with Gasteiger partial charge < -0.3 is 10.2 Å².